The molecule has 21 heavy (non-hydrogen) atoms. The summed E-state index contributed by atoms with van der Waals surface area (Å²) in [6.07, 6.45) is 10.5. The lowest BCUT2D eigenvalue weighted by Gasteiger charge is -2.13. The largest absolute Gasteiger partial charge is 0.241 e. The van der Waals surface area contributed by atoms with Crippen molar-refractivity contribution in [2.24, 2.45) is 4.99 Å². The van der Waals surface area contributed by atoms with E-state index in [1.807, 2.05) is 0 Å². The van der Waals surface area contributed by atoms with Gasteiger partial charge in [-0.25, -0.2) is 5.41 Å². The van der Waals surface area contributed by atoms with Gasteiger partial charge in [0.05, 0.1) is 11.7 Å². The number of unbranched alkanes of at least 4 members (excludes halogenated alkanes) is 3. The Hall–Kier alpha value is -1.40. The Morgan fingerprint density at radius 3 is 1.76 bits per heavy atom. The Balaban J connectivity index is 3.16. The van der Waals surface area contributed by atoms with Crippen LogP contribution in [-0.4, -0.2) is 6.01 Å². The van der Waals surface area contributed by atoms with Gasteiger partial charge < -0.3 is 0 Å². The molecule has 0 radical (unpaired) electrons. The third kappa shape index (κ3) is 5.85. The maximum atomic E-state index is 7.24. The van der Waals surface area contributed by atoms with E-state index in [-0.39, 0.29) is 0 Å². The lowest BCUT2D eigenvalue weighted by molar-refractivity contribution is 0.767. The summed E-state index contributed by atoms with van der Waals surface area (Å²) in [5.41, 5.74) is 5.10. The van der Waals surface area contributed by atoms with Gasteiger partial charge in [-0.3, -0.25) is 0 Å². The highest BCUT2D eigenvalue weighted by Crippen LogP contribution is 2.30. The van der Waals surface area contributed by atoms with Gasteiger partial charge in [0.1, 0.15) is 0 Å². The smallest absolute Gasteiger partial charge is 0.0918 e. The minimum absolute atomic E-state index is 1.02. The molecule has 1 rings (SSSR count). The molecule has 0 unspecified atom stereocenters. The van der Waals surface area contributed by atoms with Gasteiger partial charge in [-0.05, 0) is 55.2 Å². The standard InChI is InChI=1S/C19H30N2/c1-4-7-10-16-13-17(11-8-5-2)19(21-15-20)18(14-16)12-9-6-3/h13-14,20H,4-12H2,1-3H3. The molecule has 2 heteroatoms. The topological polar surface area (TPSA) is 36.2 Å². The second kappa shape index (κ2) is 10.3. The van der Waals surface area contributed by atoms with Crippen molar-refractivity contribution in [3.63, 3.8) is 0 Å². The number of nitrogens with one attached hydrogen (secondary N) is 1. The van der Waals surface area contributed by atoms with E-state index in [9.17, 15) is 0 Å². The molecule has 1 aromatic rings. The quantitative estimate of drug-likeness (QED) is 0.505. The Bertz CT molecular complexity index is 441. The number of hydrogen-bond donors (Lipinski definition) is 1. The van der Waals surface area contributed by atoms with E-state index >= 15 is 0 Å². The number of hydrogen-bond acceptors (Lipinski definition) is 2. The Labute approximate surface area is 130 Å². The fourth-order valence-electron chi connectivity index (χ4n) is 2.67. The second-order valence-corrected chi connectivity index (χ2v) is 5.80. The molecule has 1 aromatic carbocycles. The van der Waals surface area contributed by atoms with Crippen molar-refractivity contribution in [2.45, 2.75) is 78.6 Å². The zero-order chi connectivity index (χ0) is 15.5. The van der Waals surface area contributed by atoms with Gasteiger partial charge in [0, 0.05) is 0 Å². The molecular weight excluding hydrogens is 256 g/mol. The summed E-state index contributed by atoms with van der Waals surface area (Å²) in [5.74, 6) is 0. The number of nitrogens with zero attached hydrogens (tertiary/aromatic N) is 1. The first-order valence-electron chi connectivity index (χ1n) is 8.53. The molecule has 2 nitrogen and oxygen atoms in total. The molecule has 0 saturated carbocycles. The molecular formula is C19H30N2. The van der Waals surface area contributed by atoms with Gasteiger partial charge in [0.25, 0.3) is 0 Å². The van der Waals surface area contributed by atoms with Crippen molar-refractivity contribution in [2.75, 3.05) is 0 Å². The number of aliphatic imine (C=N–C) groups is 1. The average molecular weight is 286 g/mol. The van der Waals surface area contributed by atoms with E-state index in [0.717, 1.165) is 24.9 Å². The highest BCUT2D eigenvalue weighted by atomic mass is 14.7. The molecule has 1 N–H and O–H groups in total. The van der Waals surface area contributed by atoms with Crippen LogP contribution < -0.4 is 0 Å². The summed E-state index contributed by atoms with van der Waals surface area (Å²) >= 11 is 0. The van der Waals surface area contributed by atoms with Crippen LogP contribution in [0.25, 0.3) is 0 Å². The van der Waals surface area contributed by atoms with Crippen molar-refractivity contribution < 1.29 is 0 Å². The third-order valence-corrected chi connectivity index (χ3v) is 3.91. The molecule has 0 aromatic heterocycles. The van der Waals surface area contributed by atoms with E-state index in [1.54, 1.807) is 0 Å². The molecule has 0 aliphatic heterocycles. The molecule has 0 aliphatic carbocycles. The maximum absolute atomic E-state index is 7.24. The Morgan fingerprint density at radius 1 is 0.857 bits per heavy atom. The first-order valence-corrected chi connectivity index (χ1v) is 8.53. The molecule has 0 atom stereocenters. The van der Waals surface area contributed by atoms with Crippen LogP contribution in [0.1, 0.15) is 76.0 Å². The molecule has 116 valence electrons. The summed E-state index contributed by atoms with van der Waals surface area (Å²) in [6, 6.07) is 6.89. The van der Waals surface area contributed by atoms with E-state index in [4.69, 9.17) is 5.41 Å². The number of benzene rings is 1. The van der Waals surface area contributed by atoms with Crippen LogP contribution in [0.3, 0.4) is 0 Å². The van der Waals surface area contributed by atoms with Crippen molar-refractivity contribution in [1.82, 2.24) is 0 Å². The summed E-state index contributed by atoms with van der Waals surface area (Å²) in [6.45, 7) is 6.68. The first-order chi connectivity index (χ1) is 10.3. The predicted octanol–water partition coefficient (Wildman–Crippen LogP) is 6.10. The fourth-order valence-corrected chi connectivity index (χ4v) is 2.67. The predicted molar refractivity (Wildman–Crippen MR) is 92.1 cm³/mol. The second-order valence-electron chi connectivity index (χ2n) is 5.80. The van der Waals surface area contributed by atoms with Crippen molar-refractivity contribution in [3.05, 3.63) is 28.8 Å². The van der Waals surface area contributed by atoms with Gasteiger partial charge in [0.2, 0.25) is 0 Å². The monoisotopic (exact) mass is 286 g/mol. The molecule has 0 bridgehead atoms. The van der Waals surface area contributed by atoms with Crippen molar-refractivity contribution >= 4 is 11.7 Å². The van der Waals surface area contributed by atoms with Crippen LogP contribution in [-0.2, 0) is 19.3 Å². The average Bonchev–Trinajstić information content (AvgIpc) is 2.50. The van der Waals surface area contributed by atoms with Gasteiger partial charge in [0.15, 0.2) is 0 Å². The summed E-state index contributed by atoms with van der Waals surface area (Å²) in [4.78, 5) is 4.25. The van der Waals surface area contributed by atoms with Gasteiger partial charge in [-0.2, -0.15) is 4.99 Å². The van der Waals surface area contributed by atoms with E-state index in [2.05, 4.69) is 43.9 Å². The van der Waals surface area contributed by atoms with Crippen molar-refractivity contribution in [3.8, 4) is 0 Å². The third-order valence-electron chi connectivity index (χ3n) is 3.91. The molecule has 0 aliphatic rings. The van der Waals surface area contributed by atoms with Crippen LogP contribution in [0.5, 0.6) is 0 Å². The SMILES string of the molecule is CCCCc1cc(CCCC)c(N=C=N)c(CCCC)c1. The molecule has 0 amide bonds. The minimum atomic E-state index is 1.02. The van der Waals surface area contributed by atoms with Gasteiger partial charge in [-0.1, -0.05) is 52.2 Å². The van der Waals surface area contributed by atoms with E-state index < -0.39 is 0 Å². The highest BCUT2D eigenvalue weighted by molar-refractivity contribution is 5.60. The summed E-state index contributed by atoms with van der Waals surface area (Å²) in [7, 11) is 0. The molecule has 0 fully saturated rings. The number of rotatable bonds is 10. The number of aryl methyl sites for hydroxylation is 3. The van der Waals surface area contributed by atoms with Crippen molar-refractivity contribution in [1.29, 1.82) is 5.41 Å². The summed E-state index contributed by atoms with van der Waals surface area (Å²) < 4.78 is 0. The van der Waals surface area contributed by atoms with E-state index in [1.165, 1.54) is 55.2 Å². The van der Waals surface area contributed by atoms with Crippen LogP contribution >= 0.6 is 0 Å². The highest BCUT2D eigenvalue weighted by Gasteiger charge is 2.10. The molecule has 0 spiro atoms. The lowest BCUT2D eigenvalue weighted by atomic mass is 9.94. The van der Waals surface area contributed by atoms with Gasteiger partial charge >= 0.3 is 0 Å². The minimum Gasteiger partial charge on any atom is -0.241 e. The Morgan fingerprint density at radius 2 is 1.33 bits per heavy atom. The molecule has 0 saturated heterocycles. The zero-order valence-electron chi connectivity index (χ0n) is 14.0. The van der Waals surface area contributed by atoms with Gasteiger partial charge in [-0.15, -0.1) is 0 Å². The maximum Gasteiger partial charge on any atom is 0.0918 e. The Kier molecular flexibility index (Phi) is 8.69. The lowest BCUT2D eigenvalue weighted by Crippen LogP contribution is -1.97. The fraction of sp³-hybridized carbons (Fsp3) is 0.632. The first kappa shape index (κ1) is 17.7. The molecule has 0 heterocycles. The van der Waals surface area contributed by atoms with Crippen LogP contribution in [0.4, 0.5) is 5.69 Å². The van der Waals surface area contributed by atoms with E-state index in [0.29, 0.717) is 0 Å². The van der Waals surface area contributed by atoms with Crippen LogP contribution in [0.2, 0.25) is 0 Å². The normalized spacial score (nSPS) is 10.4. The van der Waals surface area contributed by atoms with Crippen LogP contribution in [0, 0.1) is 5.41 Å². The zero-order valence-corrected chi connectivity index (χ0v) is 14.0. The van der Waals surface area contributed by atoms with Crippen LogP contribution in [0.15, 0.2) is 17.1 Å². The summed E-state index contributed by atoms with van der Waals surface area (Å²) in [5, 5.41) is 7.24.